The van der Waals surface area contributed by atoms with E-state index >= 15 is 0 Å². The Balaban J connectivity index is -0.0000000542. The molecule has 0 amide bonds. The zero-order chi connectivity index (χ0) is 13.4. The molecule has 0 aromatic rings. The van der Waals surface area contributed by atoms with Crippen molar-refractivity contribution in [3.05, 3.63) is 0 Å². The third kappa shape index (κ3) is 389. The van der Waals surface area contributed by atoms with E-state index in [4.69, 9.17) is 0 Å². The fraction of sp³-hybridized carbons (Fsp3) is 1.00. The van der Waals surface area contributed by atoms with Crippen molar-refractivity contribution in [1.82, 2.24) is 0 Å². The second kappa shape index (κ2) is 25.9. The molecule has 0 rings (SSSR count). The molecule has 0 bridgehead atoms. The quantitative estimate of drug-likeness (QED) is 0.338. The molecule has 0 aliphatic carbocycles. The van der Waals surface area contributed by atoms with Crippen LogP contribution in [0.1, 0.15) is 6.92 Å². The van der Waals surface area contributed by atoms with Gasteiger partial charge in [0, 0.05) is 0 Å². The second-order valence-electron chi connectivity index (χ2n) is 4.85. The van der Waals surface area contributed by atoms with E-state index in [0.717, 1.165) is 0 Å². The molecule has 92 valence electrons. The van der Waals surface area contributed by atoms with Gasteiger partial charge >= 0.3 is 138 Å². The molecule has 0 saturated carbocycles. The van der Waals surface area contributed by atoms with Gasteiger partial charge in [0.1, 0.15) is 0 Å². The molecular formula is C11H32Sn4. The molecule has 0 nitrogen and oxygen atoms in total. The summed E-state index contributed by atoms with van der Waals surface area (Å²) >= 11 is 0.00500. The van der Waals surface area contributed by atoms with Gasteiger partial charge in [0.2, 0.25) is 0 Å². The first-order chi connectivity index (χ1) is 6.61. The van der Waals surface area contributed by atoms with E-state index in [1.54, 1.807) is 22.5 Å². The van der Waals surface area contributed by atoms with Gasteiger partial charge in [0.05, 0.1) is 0 Å². The van der Waals surface area contributed by atoms with Crippen LogP contribution in [0.25, 0.3) is 0 Å². The van der Waals surface area contributed by atoms with E-state index in [2.05, 4.69) is 51.4 Å². The van der Waals surface area contributed by atoms with E-state index in [0.29, 0.717) is 0 Å². The Labute approximate surface area is 135 Å². The summed E-state index contributed by atoms with van der Waals surface area (Å²) in [6.07, 6.45) is 0. The summed E-state index contributed by atoms with van der Waals surface area (Å²) < 4.78 is 1.34. The average molecular weight is 639 g/mol. The Morgan fingerprint density at radius 1 is 0.600 bits per heavy atom. The van der Waals surface area contributed by atoms with Crippen molar-refractivity contribution in [3.8, 4) is 0 Å². The molecule has 4 heteroatoms. The van der Waals surface area contributed by atoms with Gasteiger partial charge in [-0.3, -0.25) is 0 Å². The summed E-state index contributed by atoms with van der Waals surface area (Å²) in [7, 11) is 0. The molecule has 6 radical (unpaired) electrons. The van der Waals surface area contributed by atoms with Crippen LogP contribution in [-0.4, -0.2) is 81.8 Å². The van der Waals surface area contributed by atoms with Crippen molar-refractivity contribution >= 4 is 81.8 Å². The third-order valence-electron chi connectivity index (χ3n) is 0. The van der Waals surface area contributed by atoms with Crippen LogP contribution in [0, 0.1) is 0 Å². The first-order valence-corrected chi connectivity index (χ1v) is 33.3. The zero-order valence-electron chi connectivity index (χ0n) is 12.7. The molecule has 0 unspecified atom stereocenters. The molecule has 0 aliphatic heterocycles. The van der Waals surface area contributed by atoms with Crippen LogP contribution in [0.5, 0.6) is 0 Å². The fourth-order valence-corrected chi connectivity index (χ4v) is 0. The Bertz CT molecular complexity index is 50.5. The van der Waals surface area contributed by atoms with Crippen molar-refractivity contribution < 1.29 is 0 Å². The van der Waals surface area contributed by atoms with E-state index in [1.165, 1.54) is 4.44 Å². The summed E-state index contributed by atoms with van der Waals surface area (Å²) in [5.74, 6) is 0. The van der Waals surface area contributed by atoms with Gasteiger partial charge in [0.15, 0.2) is 0 Å². The fourth-order valence-electron chi connectivity index (χ4n) is 0. The first kappa shape index (κ1) is 26.7. The van der Waals surface area contributed by atoms with Crippen LogP contribution in [0.4, 0.5) is 0 Å². The molecule has 0 aromatic heterocycles. The summed E-state index contributed by atoms with van der Waals surface area (Å²) in [6.45, 7) is 2.16. The van der Waals surface area contributed by atoms with Crippen LogP contribution < -0.4 is 0 Å². The third-order valence-corrected chi connectivity index (χ3v) is 0. The van der Waals surface area contributed by atoms with Crippen LogP contribution in [-0.2, 0) is 0 Å². The Kier molecular flexibility index (Phi) is 46.1. The van der Waals surface area contributed by atoms with Gasteiger partial charge in [0.25, 0.3) is 0 Å². The van der Waals surface area contributed by atoms with Crippen molar-refractivity contribution in [3.63, 3.8) is 0 Å². The van der Waals surface area contributed by atoms with Gasteiger partial charge in [-0.2, -0.15) is 0 Å². The van der Waals surface area contributed by atoms with Crippen LogP contribution >= 0.6 is 0 Å². The molecule has 0 saturated heterocycles. The van der Waals surface area contributed by atoms with Crippen molar-refractivity contribution in [2.75, 3.05) is 0 Å². The van der Waals surface area contributed by atoms with Crippen LogP contribution in [0.2, 0.25) is 48.9 Å². The maximum absolute atomic E-state index is 2.36. The Morgan fingerprint density at radius 2 is 0.600 bits per heavy atom. The van der Waals surface area contributed by atoms with E-state index in [9.17, 15) is 0 Å². The standard InChI is InChI=1S/C2H5.9CH3.4Sn/c1-2;;;;;;;;;;;;;/h1H2,2H3;9*1H3;;;;. The molecule has 0 heterocycles. The number of hydrogen-bond donors (Lipinski definition) is 0. The first-order valence-electron chi connectivity index (χ1n) is 5.56. The van der Waals surface area contributed by atoms with Crippen molar-refractivity contribution in [2.24, 2.45) is 0 Å². The molecule has 15 heavy (non-hydrogen) atoms. The zero-order valence-corrected chi connectivity index (χ0v) is 24.1. The monoisotopic (exact) mass is 644 g/mol. The molecular weight excluding hydrogens is 607 g/mol. The van der Waals surface area contributed by atoms with Crippen molar-refractivity contribution in [1.29, 1.82) is 0 Å². The second-order valence-corrected chi connectivity index (χ2v) is 32.6. The van der Waals surface area contributed by atoms with Crippen molar-refractivity contribution in [2.45, 2.75) is 55.8 Å². The predicted octanol–water partition coefficient (Wildman–Crippen LogP) is 4.70. The van der Waals surface area contributed by atoms with Crippen LogP contribution in [0.3, 0.4) is 0 Å². The molecule has 0 fully saturated rings. The molecule has 0 aromatic carbocycles. The minimum atomic E-state index is -0.543. The van der Waals surface area contributed by atoms with Gasteiger partial charge < -0.3 is 0 Å². The van der Waals surface area contributed by atoms with E-state index in [-0.39, 0.29) is 0 Å². The van der Waals surface area contributed by atoms with Gasteiger partial charge in [-0.05, 0) is 0 Å². The number of rotatable bonds is 0. The van der Waals surface area contributed by atoms with Gasteiger partial charge in [-0.15, -0.1) is 0 Å². The maximum atomic E-state index is 2.36. The average Bonchev–Trinajstić information content (AvgIpc) is 1.81. The molecule has 0 aliphatic rings. The number of hydrogen-bond acceptors (Lipinski definition) is 0. The minimum absolute atomic E-state index is 0.543. The summed E-state index contributed by atoms with van der Waals surface area (Å²) in [6, 6.07) is 0. The van der Waals surface area contributed by atoms with Crippen LogP contribution in [0.15, 0.2) is 0 Å². The Hall–Kier alpha value is 3.19. The van der Waals surface area contributed by atoms with E-state index in [1.807, 2.05) is 0 Å². The molecule has 0 N–H and O–H groups in total. The summed E-state index contributed by atoms with van der Waals surface area (Å²) in [4.78, 5) is 21.3. The predicted molar refractivity (Wildman–Crippen MR) is 86.3 cm³/mol. The van der Waals surface area contributed by atoms with Gasteiger partial charge in [-0.1, -0.05) is 0 Å². The SMILES string of the molecule is C[CH2][Sn].[CH3][Sn]([CH3])[CH3].[CH3][Sn]([CH3])[CH3].[CH3][Sn]([CH3])[CH3]. The topological polar surface area (TPSA) is 0 Å². The normalized spacial score (nSPS) is 8.40. The molecule has 0 spiro atoms. The van der Waals surface area contributed by atoms with Gasteiger partial charge in [-0.25, -0.2) is 0 Å². The Morgan fingerprint density at radius 3 is 0.600 bits per heavy atom. The van der Waals surface area contributed by atoms with E-state index < -0.39 is 59.3 Å². The molecule has 0 atom stereocenters. The summed E-state index contributed by atoms with van der Waals surface area (Å²) in [5.41, 5.74) is 0. The summed E-state index contributed by atoms with van der Waals surface area (Å²) in [5, 5.41) is 0.